The number of aromatic nitrogens is 3. The van der Waals surface area contributed by atoms with E-state index in [1.54, 1.807) is 17.2 Å². The molecule has 1 N–H and O–H groups in total. The second-order valence-corrected chi connectivity index (χ2v) is 17.3. The number of nitrogens with zero attached hydrogens (tertiary/aromatic N) is 4. The maximum atomic E-state index is 13.9. The van der Waals surface area contributed by atoms with E-state index >= 15 is 0 Å². The summed E-state index contributed by atoms with van der Waals surface area (Å²) in [7, 11) is 0. The molecule has 1 fully saturated rings. The van der Waals surface area contributed by atoms with E-state index < -0.39 is 24.4 Å². The van der Waals surface area contributed by atoms with Gasteiger partial charge < -0.3 is 19.4 Å². The van der Waals surface area contributed by atoms with Gasteiger partial charge in [-0.05, 0) is 78.8 Å². The number of hydrogen-bond donors (Lipinski definition) is 1. The number of anilines is 1. The highest BCUT2D eigenvalue weighted by Gasteiger charge is 2.32. The number of thioether (sulfide) groups is 1. The number of esters is 1. The average molecular weight is 780 g/mol. The number of rotatable bonds is 11. The van der Waals surface area contributed by atoms with Gasteiger partial charge in [0.25, 0.3) is 5.91 Å². The van der Waals surface area contributed by atoms with Crippen molar-refractivity contribution >= 4 is 51.7 Å². The van der Waals surface area contributed by atoms with Gasteiger partial charge in [0.15, 0.2) is 23.3 Å². The van der Waals surface area contributed by atoms with E-state index in [-0.39, 0.29) is 22.9 Å². The van der Waals surface area contributed by atoms with Crippen LogP contribution in [0.5, 0.6) is 0 Å². The Morgan fingerprint density at radius 2 is 1.71 bits per heavy atom. The van der Waals surface area contributed by atoms with E-state index in [0.717, 1.165) is 41.0 Å². The van der Waals surface area contributed by atoms with Gasteiger partial charge in [-0.15, -0.1) is 21.5 Å². The Bertz CT molecular complexity index is 2160. The zero-order valence-electron chi connectivity index (χ0n) is 31.5. The van der Waals surface area contributed by atoms with E-state index in [1.807, 2.05) is 65.2 Å². The second-order valence-electron chi connectivity index (χ2n) is 15.3. The molecule has 55 heavy (non-hydrogen) atoms. The summed E-state index contributed by atoms with van der Waals surface area (Å²) in [5, 5.41) is 12.7. The van der Waals surface area contributed by atoms with Gasteiger partial charge in [0.1, 0.15) is 5.00 Å². The van der Waals surface area contributed by atoms with Crippen LogP contribution in [0.3, 0.4) is 0 Å². The molecule has 11 nitrogen and oxygen atoms in total. The van der Waals surface area contributed by atoms with Gasteiger partial charge in [0.2, 0.25) is 11.7 Å². The van der Waals surface area contributed by atoms with Crippen LogP contribution >= 0.6 is 23.1 Å². The highest BCUT2D eigenvalue weighted by Crippen LogP contribution is 2.41. The summed E-state index contributed by atoms with van der Waals surface area (Å²) < 4.78 is 12.9. The number of hydrogen-bond acceptors (Lipinski definition) is 10. The minimum absolute atomic E-state index is 0.0385. The van der Waals surface area contributed by atoms with Crippen molar-refractivity contribution in [2.24, 2.45) is 11.8 Å². The Morgan fingerprint density at radius 1 is 0.964 bits per heavy atom. The molecule has 286 valence electrons. The predicted molar refractivity (Wildman–Crippen MR) is 213 cm³/mol. The molecule has 1 unspecified atom stereocenters. The monoisotopic (exact) mass is 779 g/mol. The van der Waals surface area contributed by atoms with Gasteiger partial charge in [-0.1, -0.05) is 81.9 Å². The third kappa shape index (κ3) is 8.63. The molecule has 4 heterocycles. The molecule has 7 rings (SSSR count). The lowest BCUT2D eigenvalue weighted by Gasteiger charge is -2.30. The quantitative estimate of drug-likeness (QED) is 0.0811. The molecule has 1 aliphatic carbocycles. The molecule has 0 spiro atoms. The summed E-state index contributed by atoms with van der Waals surface area (Å²) in [5.74, 6) is 0.192. The maximum absolute atomic E-state index is 13.9. The maximum Gasteiger partial charge on any atom is 0.309 e. The van der Waals surface area contributed by atoms with Crippen molar-refractivity contribution in [2.45, 2.75) is 70.4 Å². The van der Waals surface area contributed by atoms with Gasteiger partial charge in [-0.2, -0.15) is 0 Å². The van der Waals surface area contributed by atoms with Crippen LogP contribution in [0.2, 0.25) is 0 Å². The van der Waals surface area contributed by atoms with Crippen LogP contribution in [-0.2, 0) is 37.4 Å². The zero-order chi connectivity index (χ0) is 38.7. The highest BCUT2D eigenvalue weighted by molar-refractivity contribution is 7.99. The van der Waals surface area contributed by atoms with Crippen molar-refractivity contribution in [1.82, 2.24) is 19.7 Å². The fraction of sp³-hybridized carbons (Fsp3) is 0.381. The molecule has 5 aromatic rings. The Labute approximate surface area is 328 Å². The first kappa shape index (κ1) is 38.3. The Kier molecular flexibility index (Phi) is 11.4. The summed E-state index contributed by atoms with van der Waals surface area (Å²) in [6.07, 6.45) is 5.06. The molecule has 2 aliphatic rings. The molecule has 13 heteroatoms. The number of likely N-dealkylation sites (tertiary alicyclic amines) is 1. The first-order valence-electron chi connectivity index (χ1n) is 18.7. The molecule has 0 saturated carbocycles. The molecular weight excluding hydrogens is 735 g/mol. The molecule has 0 bridgehead atoms. The van der Waals surface area contributed by atoms with Crippen LogP contribution in [-0.4, -0.2) is 68.7 Å². The number of ketones is 1. The minimum Gasteiger partial charge on any atom is -0.461 e. The van der Waals surface area contributed by atoms with Crippen molar-refractivity contribution in [3.05, 3.63) is 100 Å². The van der Waals surface area contributed by atoms with Crippen LogP contribution in [0.1, 0.15) is 78.9 Å². The molecule has 2 aromatic carbocycles. The molecule has 1 atom stereocenters. The van der Waals surface area contributed by atoms with Crippen LogP contribution in [0.4, 0.5) is 5.00 Å². The van der Waals surface area contributed by atoms with Crippen molar-refractivity contribution in [3.8, 4) is 17.3 Å². The number of amides is 2. The second kappa shape index (κ2) is 16.4. The lowest BCUT2D eigenvalue weighted by Crippen LogP contribution is -2.41. The first-order valence-corrected chi connectivity index (χ1v) is 20.5. The molecule has 3 aromatic heterocycles. The van der Waals surface area contributed by atoms with E-state index in [0.29, 0.717) is 64.7 Å². The van der Waals surface area contributed by atoms with E-state index in [9.17, 15) is 19.2 Å². The topological polar surface area (TPSA) is 137 Å². The number of furan rings is 1. The van der Waals surface area contributed by atoms with Crippen LogP contribution in [0, 0.1) is 11.8 Å². The van der Waals surface area contributed by atoms with Crippen molar-refractivity contribution in [3.63, 3.8) is 0 Å². The van der Waals surface area contributed by atoms with Gasteiger partial charge in [-0.25, -0.2) is 0 Å². The lowest BCUT2D eigenvalue weighted by molar-refractivity contribution is -0.153. The van der Waals surface area contributed by atoms with E-state index in [4.69, 9.17) is 9.15 Å². The Morgan fingerprint density at radius 3 is 2.40 bits per heavy atom. The number of piperidine rings is 1. The van der Waals surface area contributed by atoms with Gasteiger partial charge in [0.05, 0.1) is 23.5 Å². The lowest BCUT2D eigenvalue weighted by atomic mass is 9.85. The van der Waals surface area contributed by atoms with Crippen molar-refractivity contribution in [1.29, 1.82) is 0 Å². The third-order valence-corrected chi connectivity index (χ3v) is 12.3. The van der Waals surface area contributed by atoms with Crippen molar-refractivity contribution in [2.75, 3.05) is 30.8 Å². The average Bonchev–Trinajstić information content (AvgIpc) is 3.95. The Hall–Kier alpha value is -5.01. The number of benzene rings is 2. The molecule has 1 saturated heterocycles. The zero-order valence-corrected chi connectivity index (χ0v) is 33.1. The number of ether oxygens (including phenoxy) is 1. The number of nitrogens with one attached hydrogen (secondary N) is 1. The first-order chi connectivity index (χ1) is 26.5. The van der Waals surface area contributed by atoms with Crippen LogP contribution in [0.15, 0.2) is 82.6 Å². The fourth-order valence-corrected chi connectivity index (χ4v) is 9.36. The summed E-state index contributed by atoms with van der Waals surface area (Å²) in [6.45, 7) is 8.94. The van der Waals surface area contributed by atoms with E-state index in [2.05, 4.69) is 43.2 Å². The predicted octanol–water partition coefficient (Wildman–Crippen LogP) is 7.75. The molecule has 0 radical (unpaired) electrons. The summed E-state index contributed by atoms with van der Waals surface area (Å²) in [6, 6.07) is 21.0. The SMILES string of the molecule is CC1CCc2c(sc(NC(=O)COC(=O)C3CCN(C(=O)CSc4nnc(-c5ccco5)n4-c4ccccc4)CC3)c2C(=O)c2ccc(C(C)(C)C)cc2)C1. The number of para-hydroxylation sites is 1. The normalized spacial score (nSPS) is 16.1. The molecule has 1 aliphatic heterocycles. The Balaban J connectivity index is 0.926. The van der Waals surface area contributed by atoms with Gasteiger partial charge in [0, 0.05) is 29.2 Å². The molecular formula is C42H45N5O6S2. The van der Waals surface area contributed by atoms with Crippen LogP contribution < -0.4 is 5.32 Å². The van der Waals surface area contributed by atoms with Gasteiger partial charge >= 0.3 is 5.97 Å². The fourth-order valence-electron chi connectivity index (χ4n) is 7.08. The highest BCUT2D eigenvalue weighted by atomic mass is 32.2. The standard InChI is InChI=1S/C42H45N5O6S2/c1-26-12-17-31-33(23-26)55-39(36(31)37(50)27-13-15-29(16-14-27)42(2,3)4)43-34(48)24-53-40(51)28-18-20-46(21-19-28)35(49)25-54-41-45-44-38(32-11-8-22-52-32)47(41)30-9-6-5-7-10-30/h5-11,13-16,22,26,28H,12,17-21,23-25H2,1-4H3,(H,43,48). The van der Waals surface area contributed by atoms with Gasteiger partial charge in [-0.3, -0.25) is 23.7 Å². The van der Waals surface area contributed by atoms with Crippen molar-refractivity contribution < 1.29 is 28.3 Å². The van der Waals surface area contributed by atoms with Crippen LogP contribution in [0.25, 0.3) is 17.3 Å². The summed E-state index contributed by atoms with van der Waals surface area (Å²) >= 11 is 2.74. The summed E-state index contributed by atoms with van der Waals surface area (Å²) in [4.78, 5) is 56.3. The summed E-state index contributed by atoms with van der Waals surface area (Å²) in [5.41, 5.74) is 4.08. The third-order valence-electron chi connectivity index (χ3n) is 10.2. The number of carbonyl (C=O) groups is 4. The number of fused-ring (bicyclic) bond motifs is 1. The largest absolute Gasteiger partial charge is 0.461 e. The smallest absolute Gasteiger partial charge is 0.309 e. The molecule has 2 amide bonds. The number of carbonyl (C=O) groups excluding carboxylic acids is 4. The minimum atomic E-state index is -0.486. The van der Waals surface area contributed by atoms with E-state index in [1.165, 1.54) is 23.1 Å². The number of thiophene rings is 1.